The summed E-state index contributed by atoms with van der Waals surface area (Å²) < 4.78 is 28.4. The Morgan fingerprint density at radius 1 is 1.45 bits per heavy atom. The largest absolute Gasteiger partial charge is 0.494 e. The first-order valence-corrected chi connectivity index (χ1v) is 5.62. The first kappa shape index (κ1) is 14.0. The maximum absolute atomic E-state index is 13.6. The van der Waals surface area contributed by atoms with Crippen LogP contribution in [-0.2, 0) is 11.3 Å². The molecule has 0 spiro atoms. The van der Waals surface area contributed by atoms with Gasteiger partial charge >= 0.3 is 5.97 Å². The number of ether oxygens (including phenoxy) is 2. The van der Waals surface area contributed by atoms with Crippen molar-refractivity contribution in [1.29, 1.82) is 0 Å². The predicted octanol–water partition coefficient (Wildman–Crippen LogP) is 2.33. The zero-order valence-electron chi connectivity index (χ0n) is 10.8. The number of carbonyl (C=O) groups is 1. The molecule has 2 rings (SSSR count). The smallest absolute Gasteiger partial charge is 0.373 e. The average Bonchev–Trinajstić information content (AvgIpc) is 2.83. The minimum absolute atomic E-state index is 0.0101. The van der Waals surface area contributed by atoms with Crippen molar-refractivity contribution in [2.75, 3.05) is 14.2 Å². The van der Waals surface area contributed by atoms with Crippen LogP contribution < -0.4 is 4.74 Å². The van der Waals surface area contributed by atoms with Crippen molar-refractivity contribution in [3.63, 3.8) is 0 Å². The third-order valence-electron chi connectivity index (χ3n) is 2.57. The number of hydrogen-bond acceptors (Lipinski definition) is 5. The molecule has 2 aromatic rings. The van der Waals surface area contributed by atoms with E-state index in [1.165, 1.54) is 26.4 Å². The first-order chi connectivity index (χ1) is 9.56. The maximum atomic E-state index is 13.6. The Balaban J connectivity index is 2.44. The number of aromatic carboxylic acids is 1. The molecule has 1 aromatic heterocycles. The van der Waals surface area contributed by atoms with Crippen LogP contribution in [0.2, 0.25) is 0 Å². The second-order valence-corrected chi connectivity index (χ2v) is 3.88. The van der Waals surface area contributed by atoms with Crippen molar-refractivity contribution >= 4 is 5.97 Å². The zero-order chi connectivity index (χ0) is 14.7. The van der Waals surface area contributed by atoms with E-state index >= 15 is 0 Å². The number of rotatable bonds is 5. The Kier molecular flexibility index (Phi) is 3.99. The fraction of sp³-hybridized carbons (Fsp3) is 0.231. The van der Waals surface area contributed by atoms with Gasteiger partial charge in [-0.3, -0.25) is 0 Å². The molecule has 1 N–H and O–H groups in total. The van der Waals surface area contributed by atoms with E-state index in [1.54, 1.807) is 0 Å². The number of methoxy groups -OCH3 is 2. The van der Waals surface area contributed by atoms with E-state index < -0.39 is 11.8 Å². The standard InChI is InChI=1S/C13H12FNO5/c1-18-6-9-11(13(16)17)20-12(15-9)7-3-4-10(19-2)8(14)5-7/h3-5H,6H2,1-2H3,(H,16,17). The number of carboxylic acids is 1. The number of nitrogens with zero attached hydrogens (tertiary/aromatic N) is 1. The van der Waals surface area contributed by atoms with E-state index in [4.69, 9.17) is 19.0 Å². The molecule has 1 aromatic carbocycles. The van der Waals surface area contributed by atoms with Crippen LogP contribution in [0.4, 0.5) is 4.39 Å². The van der Waals surface area contributed by atoms with E-state index in [1.807, 2.05) is 0 Å². The topological polar surface area (TPSA) is 81.8 Å². The van der Waals surface area contributed by atoms with E-state index in [9.17, 15) is 9.18 Å². The summed E-state index contributed by atoms with van der Waals surface area (Å²) in [6.07, 6.45) is 0. The van der Waals surface area contributed by atoms with Crippen molar-refractivity contribution in [1.82, 2.24) is 4.98 Å². The highest BCUT2D eigenvalue weighted by molar-refractivity contribution is 5.86. The third kappa shape index (κ3) is 2.62. The minimum atomic E-state index is -1.26. The molecule has 1 heterocycles. The molecular formula is C13H12FNO5. The van der Waals surface area contributed by atoms with Crippen molar-refractivity contribution in [2.24, 2.45) is 0 Å². The average molecular weight is 281 g/mol. The Morgan fingerprint density at radius 2 is 2.20 bits per heavy atom. The van der Waals surface area contributed by atoms with Crippen LogP contribution in [0, 0.1) is 5.82 Å². The SMILES string of the molecule is COCc1nc(-c2ccc(OC)c(F)c2)oc1C(=O)O. The van der Waals surface area contributed by atoms with E-state index in [0.717, 1.165) is 6.07 Å². The van der Waals surface area contributed by atoms with E-state index in [2.05, 4.69) is 4.98 Å². The lowest BCUT2D eigenvalue weighted by molar-refractivity contribution is 0.0656. The summed E-state index contributed by atoms with van der Waals surface area (Å²) in [5.41, 5.74) is 0.458. The molecule has 106 valence electrons. The summed E-state index contributed by atoms with van der Waals surface area (Å²) in [5.74, 6) is -2.08. The van der Waals surface area contributed by atoms with Gasteiger partial charge in [-0.15, -0.1) is 0 Å². The Hall–Kier alpha value is -2.41. The molecule has 0 bridgehead atoms. The molecule has 0 amide bonds. The van der Waals surface area contributed by atoms with Crippen LogP contribution in [-0.4, -0.2) is 30.3 Å². The number of oxazole rings is 1. The van der Waals surface area contributed by atoms with Crippen molar-refractivity contribution in [3.05, 3.63) is 35.5 Å². The number of hydrogen-bond donors (Lipinski definition) is 1. The summed E-state index contributed by atoms with van der Waals surface area (Å²) in [7, 11) is 2.76. The van der Waals surface area contributed by atoms with Gasteiger partial charge in [0.15, 0.2) is 11.6 Å². The van der Waals surface area contributed by atoms with E-state index in [-0.39, 0.29) is 29.7 Å². The van der Waals surface area contributed by atoms with Crippen molar-refractivity contribution in [2.45, 2.75) is 6.61 Å². The second kappa shape index (κ2) is 5.70. The lowest BCUT2D eigenvalue weighted by Gasteiger charge is -2.02. The molecule has 0 aliphatic rings. The number of benzene rings is 1. The Morgan fingerprint density at radius 3 is 2.75 bits per heavy atom. The van der Waals surface area contributed by atoms with Gasteiger partial charge < -0.3 is 19.0 Å². The van der Waals surface area contributed by atoms with E-state index in [0.29, 0.717) is 5.56 Å². The number of halogens is 1. The highest BCUT2D eigenvalue weighted by Crippen LogP contribution is 2.27. The van der Waals surface area contributed by atoms with Gasteiger partial charge in [0.1, 0.15) is 5.69 Å². The first-order valence-electron chi connectivity index (χ1n) is 5.62. The zero-order valence-corrected chi connectivity index (χ0v) is 10.8. The van der Waals surface area contributed by atoms with Gasteiger partial charge in [0.25, 0.3) is 0 Å². The molecule has 0 saturated heterocycles. The summed E-state index contributed by atoms with van der Waals surface area (Å²) in [5, 5.41) is 9.01. The molecule has 0 unspecified atom stereocenters. The molecule has 6 nitrogen and oxygen atoms in total. The van der Waals surface area contributed by atoms with Crippen LogP contribution >= 0.6 is 0 Å². The molecule has 0 radical (unpaired) electrons. The fourth-order valence-corrected chi connectivity index (χ4v) is 1.68. The Labute approximate surface area is 113 Å². The van der Waals surface area contributed by atoms with Gasteiger partial charge in [0.05, 0.1) is 13.7 Å². The Bertz CT molecular complexity index is 638. The molecule has 20 heavy (non-hydrogen) atoms. The van der Waals surface area contributed by atoms with Gasteiger partial charge in [-0.05, 0) is 18.2 Å². The predicted molar refractivity (Wildman–Crippen MR) is 66.1 cm³/mol. The molecule has 7 heteroatoms. The van der Waals surface area contributed by atoms with Crippen molar-refractivity contribution in [3.8, 4) is 17.2 Å². The van der Waals surface area contributed by atoms with Gasteiger partial charge in [0.2, 0.25) is 11.7 Å². The molecular weight excluding hydrogens is 269 g/mol. The lowest BCUT2D eigenvalue weighted by Crippen LogP contribution is -2.00. The molecule has 0 aliphatic heterocycles. The van der Waals surface area contributed by atoms with Crippen LogP contribution in [0.5, 0.6) is 5.75 Å². The molecule has 0 fully saturated rings. The van der Waals surface area contributed by atoms with Crippen LogP contribution in [0.15, 0.2) is 22.6 Å². The third-order valence-corrected chi connectivity index (χ3v) is 2.57. The normalized spacial score (nSPS) is 10.6. The molecule has 0 atom stereocenters. The summed E-state index contributed by atoms with van der Waals surface area (Å²) in [4.78, 5) is 15.0. The quantitative estimate of drug-likeness (QED) is 0.905. The highest BCUT2D eigenvalue weighted by atomic mass is 19.1. The number of aromatic nitrogens is 1. The lowest BCUT2D eigenvalue weighted by atomic mass is 10.2. The monoisotopic (exact) mass is 281 g/mol. The highest BCUT2D eigenvalue weighted by Gasteiger charge is 2.20. The van der Waals surface area contributed by atoms with Gasteiger partial charge in [0, 0.05) is 12.7 Å². The summed E-state index contributed by atoms with van der Waals surface area (Å²) in [6.45, 7) is -0.0101. The van der Waals surface area contributed by atoms with Crippen molar-refractivity contribution < 1.29 is 28.2 Å². The fourth-order valence-electron chi connectivity index (χ4n) is 1.68. The molecule has 0 saturated carbocycles. The molecule has 0 aliphatic carbocycles. The van der Waals surface area contributed by atoms with Gasteiger partial charge in [-0.25, -0.2) is 14.2 Å². The summed E-state index contributed by atoms with van der Waals surface area (Å²) in [6, 6.07) is 4.09. The van der Waals surface area contributed by atoms with Crippen LogP contribution in [0.1, 0.15) is 16.2 Å². The second-order valence-electron chi connectivity index (χ2n) is 3.88. The summed E-state index contributed by atoms with van der Waals surface area (Å²) >= 11 is 0. The minimum Gasteiger partial charge on any atom is -0.494 e. The van der Waals surface area contributed by atoms with Gasteiger partial charge in [-0.1, -0.05) is 0 Å². The van der Waals surface area contributed by atoms with Gasteiger partial charge in [-0.2, -0.15) is 0 Å². The van der Waals surface area contributed by atoms with Crippen LogP contribution in [0.3, 0.4) is 0 Å². The number of carboxylic acid groups (broad SMARTS) is 1. The maximum Gasteiger partial charge on any atom is 0.373 e. The van der Waals surface area contributed by atoms with Crippen LogP contribution in [0.25, 0.3) is 11.5 Å².